The van der Waals surface area contributed by atoms with Gasteiger partial charge in [0.15, 0.2) is 11.5 Å². The molecule has 1 aliphatic rings. The fraction of sp³-hybridized carbons (Fsp3) is 0.240. The molecule has 1 atom stereocenters. The van der Waals surface area contributed by atoms with Gasteiger partial charge in [-0.15, -0.1) is 0 Å². The molecule has 0 spiro atoms. The minimum Gasteiger partial charge on any atom is -0.493 e. The van der Waals surface area contributed by atoms with Gasteiger partial charge in [0.1, 0.15) is 0 Å². The van der Waals surface area contributed by atoms with Crippen molar-refractivity contribution in [2.24, 2.45) is 0 Å². The van der Waals surface area contributed by atoms with Gasteiger partial charge in [0.05, 0.1) is 25.8 Å². The summed E-state index contributed by atoms with van der Waals surface area (Å²) in [6.07, 6.45) is -4.00. The van der Waals surface area contributed by atoms with Gasteiger partial charge in [-0.1, -0.05) is 29.8 Å². The van der Waals surface area contributed by atoms with Gasteiger partial charge in [-0.05, 0) is 65.6 Å². The third kappa shape index (κ3) is 4.50. The maximum Gasteiger partial charge on any atom is 0.416 e. The molecule has 0 aliphatic carbocycles. The highest BCUT2D eigenvalue weighted by Crippen LogP contribution is 2.42. The van der Waals surface area contributed by atoms with E-state index in [1.807, 2.05) is 6.07 Å². The molecule has 8 heteroatoms. The molecule has 0 saturated heterocycles. The number of halogens is 4. The monoisotopic (exact) mass is 475 g/mol. The molecule has 0 radical (unpaired) electrons. The summed E-state index contributed by atoms with van der Waals surface area (Å²) in [5, 5.41) is 0.403. The zero-order valence-corrected chi connectivity index (χ0v) is 18.7. The number of fused-ring (bicyclic) bond motifs is 1. The number of amides is 1. The Kier molecular flexibility index (Phi) is 6.26. The summed E-state index contributed by atoms with van der Waals surface area (Å²) in [6.45, 7) is 0.314. The molecule has 4 nitrogen and oxygen atoms in total. The molecule has 4 rings (SSSR count). The van der Waals surface area contributed by atoms with Gasteiger partial charge in [-0.2, -0.15) is 13.2 Å². The van der Waals surface area contributed by atoms with Crippen LogP contribution < -0.4 is 9.47 Å². The van der Waals surface area contributed by atoms with Crippen LogP contribution in [0.15, 0.2) is 60.7 Å². The van der Waals surface area contributed by atoms with Crippen molar-refractivity contribution in [2.45, 2.75) is 18.6 Å². The Bertz CT molecular complexity index is 1200. The van der Waals surface area contributed by atoms with Gasteiger partial charge in [0.25, 0.3) is 5.91 Å². The summed E-state index contributed by atoms with van der Waals surface area (Å²) in [5.74, 6) is 0.638. The third-order valence-corrected chi connectivity index (χ3v) is 5.97. The van der Waals surface area contributed by atoms with E-state index in [9.17, 15) is 18.0 Å². The highest BCUT2D eigenvalue weighted by Gasteiger charge is 2.36. The zero-order valence-electron chi connectivity index (χ0n) is 17.9. The van der Waals surface area contributed by atoms with Gasteiger partial charge >= 0.3 is 6.18 Å². The number of rotatable bonds is 4. The second-order valence-electron chi connectivity index (χ2n) is 7.69. The highest BCUT2D eigenvalue weighted by atomic mass is 35.5. The van der Waals surface area contributed by atoms with Crippen molar-refractivity contribution >= 4 is 17.5 Å². The van der Waals surface area contributed by atoms with Crippen LogP contribution in [0.5, 0.6) is 11.5 Å². The van der Waals surface area contributed by atoms with Crippen molar-refractivity contribution < 1.29 is 27.4 Å². The molecule has 33 heavy (non-hydrogen) atoms. The Hall–Kier alpha value is -3.19. The van der Waals surface area contributed by atoms with Crippen LogP contribution in [0.25, 0.3) is 0 Å². The van der Waals surface area contributed by atoms with E-state index in [1.54, 1.807) is 41.3 Å². The Morgan fingerprint density at radius 2 is 1.70 bits per heavy atom. The van der Waals surface area contributed by atoms with Gasteiger partial charge < -0.3 is 14.4 Å². The summed E-state index contributed by atoms with van der Waals surface area (Å²) < 4.78 is 51.3. The minimum atomic E-state index is -4.51. The molecule has 0 N–H and O–H groups in total. The first kappa shape index (κ1) is 23.0. The molecule has 172 valence electrons. The summed E-state index contributed by atoms with van der Waals surface area (Å²) in [6, 6.07) is 14.4. The van der Waals surface area contributed by atoms with Crippen LogP contribution in [-0.2, 0) is 12.6 Å². The van der Waals surface area contributed by atoms with E-state index in [1.165, 1.54) is 20.3 Å². The number of hydrogen-bond donors (Lipinski definition) is 0. The number of carbonyl (C=O) groups excluding carboxylic acids is 1. The van der Waals surface area contributed by atoms with E-state index in [-0.39, 0.29) is 5.91 Å². The molecule has 0 saturated carbocycles. The molecule has 1 amide bonds. The quantitative estimate of drug-likeness (QED) is 0.453. The van der Waals surface area contributed by atoms with Crippen molar-refractivity contribution in [1.29, 1.82) is 0 Å². The first-order valence-electron chi connectivity index (χ1n) is 10.2. The normalized spacial score (nSPS) is 15.7. The van der Waals surface area contributed by atoms with Crippen molar-refractivity contribution in [3.05, 3.63) is 93.5 Å². The van der Waals surface area contributed by atoms with Crippen molar-refractivity contribution in [1.82, 2.24) is 4.90 Å². The van der Waals surface area contributed by atoms with Crippen LogP contribution in [-0.4, -0.2) is 31.6 Å². The molecule has 1 heterocycles. The lowest BCUT2D eigenvalue weighted by Gasteiger charge is -2.38. The van der Waals surface area contributed by atoms with Crippen LogP contribution in [0.2, 0.25) is 5.02 Å². The maximum absolute atomic E-state index is 13.5. The lowest BCUT2D eigenvalue weighted by molar-refractivity contribution is -0.137. The average molecular weight is 476 g/mol. The fourth-order valence-corrected chi connectivity index (χ4v) is 4.39. The summed E-state index contributed by atoms with van der Waals surface area (Å²) in [4.78, 5) is 15.1. The first-order valence-corrected chi connectivity index (χ1v) is 10.6. The van der Waals surface area contributed by atoms with E-state index in [4.69, 9.17) is 21.1 Å². The van der Waals surface area contributed by atoms with Crippen LogP contribution in [0.3, 0.4) is 0 Å². The molecule has 1 unspecified atom stereocenters. The SMILES string of the molecule is COc1cc2c(cc1OC)C(c1cccc(C(F)(F)F)c1)N(C(=O)c1cccc(Cl)c1)CC2. The van der Waals surface area contributed by atoms with Crippen LogP contribution in [0, 0.1) is 0 Å². The Morgan fingerprint density at radius 1 is 1.00 bits per heavy atom. The molecule has 3 aromatic carbocycles. The van der Waals surface area contributed by atoms with E-state index in [0.29, 0.717) is 46.2 Å². The summed E-state index contributed by atoms with van der Waals surface area (Å²) in [5.41, 5.74) is 1.51. The van der Waals surface area contributed by atoms with E-state index >= 15 is 0 Å². The lowest BCUT2D eigenvalue weighted by atomic mass is 9.86. The molecule has 3 aromatic rings. The molecular formula is C25H21ClF3NO3. The third-order valence-electron chi connectivity index (χ3n) is 5.74. The van der Waals surface area contributed by atoms with Crippen molar-refractivity contribution in [3.63, 3.8) is 0 Å². The Morgan fingerprint density at radius 3 is 2.36 bits per heavy atom. The lowest BCUT2D eigenvalue weighted by Crippen LogP contribution is -2.40. The molecule has 0 aromatic heterocycles. The number of ether oxygens (including phenoxy) is 2. The van der Waals surface area contributed by atoms with Gasteiger partial charge in [-0.3, -0.25) is 4.79 Å². The molecule has 0 bridgehead atoms. The predicted molar refractivity (Wildman–Crippen MR) is 119 cm³/mol. The van der Waals surface area contributed by atoms with Crippen LogP contribution >= 0.6 is 11.6 Å². The van der Waals surface area contributed by atoms with Crippen LogP contribution in [0.1, 0.15) is 38.7 Å². The standard InChI is InChI=1S/C25H21ClF3NO3/c1-32-21-13-15-9-10-30(24(31)17-6-4-8-19(26)12-17)23(20(15)14-22(21)33-2)16-5-3-7-18(11-16)25(27,28)29/h3-8,11-14,23H,9-10H2,1-2H3. The summed E-state index contributed by atoms with van der Waals surface area (Å²) in [7, 11) is 3.01. The van der Waals surface area contributed by atoms with Crippen LogP contribution in [0.4, 0.5) is 13.2 Å². The number of nitrogens with zero attached hydrogens (tertiary/aromatic N) is 1. The summed E-state index contributed by atoms with van der Waals surface area (Å²) >= 11 is 6.08. The predicted octanol–water partition coefficient (Wildman–Crippen LogP) is 6.16. The van der Waals surface area contributed by atoms with E-state index in [2.05, 4.69) is 0 Å². The second-order valence-corrected chi connectivity index (χ2v) is 8.13. The van der Waals surface area contributed by atoms with Crippen molar-refractivity contribution in [3.8, 4) is 11.5 Å². The smallest absolute Gasteiger partial charge is 0.416 e. The van der Waals surface area contributed by atoms with Crippen molar-refractivity contribution in [2.75, 3.05) is 20.8 Å². The second kappa shape index (κ2) is 8.98. The molecule has 1 aliphatic heterocycles. The Labute approximate surface area is 194 Å². The number of benzene rings is 3. The Balaban J connectivity index is 1.89. The largest absolute Gasteiger partial charge is 0.493 e. The number of methoxy groups -OCH3 is 2. The average Bonchev–Trinajstić information content (AvgIpc) is 2.81. The topological polar surface area (TPSA) is 38.8 Å². The van der Waals surface area contributed by atoms with E-state index in [0.717, 1.165) is 17.7 Å². The number of hydrogen-bond acceptors (Lipinski definition) is 3. The minimum absolute atomic E-state index is 0.314. The first-order chi connectivity index (χ1) is 15.7. The maximum atomic E-state index is 13.5. The highest BCUT2D eigenvalue weighted by molar-refractivity contribution is 6.30. The van der Waals surface area contributed by atoms with Gasteiger partial charge in [0.2, 0.25) is 0 Å². The molecule has 0 fully saturated rings. The fourth-order valence-electron chi connectivity index (χ4n) is 4.20. The number of carbonyl (C=O) groups is 1. The number of alkyl halides is 3. The molecular weight excluding hydrogens is 455 g/mol. The van der Waals surface area contributed by atoms with Gasteiger partial charge in [-0.25, -0.2) is 0 Å². The zero-order chi connectivity index (χ0) is 23.8. The van der Waals surface area contributed by atoms with Gasteiger partial charge in [0, 0.05) is 17.1 Å². The van der Waals surface area contributed by atoms with E-state index < -0.39 is 17.8 Å².